The Morgan fingerprint density at radius 2 is 1.97 bits per heavy atom. The molecular weight excluding hydrogens is 472 g/mol. The molecule has 3 nitrogen and oxygen atoms in total. The van der Waals surface area contributed by atoms with E-state index < -0.39 is 0 Å². The van der Waals surface area contributed by atoms with Crippen molar-refractivity contribution in [2.24, 2.45) is 5.92 Å². The van der Waals surface area contributed by atoms with Crippen molar-refractivity contribution in [3.8, 4) is 0 Å². The van der Waals surface area contributed by atoms with Gasteiger partial charge in [0.2, 0.25) is 0 Å². The highest BCUT2D eigenvalue weighted by atomic mass is 79.9. The molecule has 3 unspecified atom stereocenters. The maximum atomic E-state index is 11.6. The van der Waals surface area contributed by atoms with Gasteiger partial charge < -0.3 is 9.84 Å². The Bertz CT molecular complexity index is 871. The van der Waals surface area contributed by atoms with Crippen LogP contribution >= 0.6 is 27.3 Å². The van der Waals surface area contributed by atoms with Crippen LogP contribution in [-0.4, -0.2) is 18.2 Å². The zero-order valence-electron chi connectivity index (χ0n) is 18.5. The fourth-order valence-corrected chi connectivity index (χ4v) is 6.20. The van der Waals surface area contributed by atoms with Gasteiger partial charge in [-0.05, 0) is 65.8 Å². The largest absolute Gasteiger partial charge is 0.465 e. The number of carbonyl (C=O) groups is 1. The van der Waals surface area contributed by atoms with Crippen LogP contribution < -0.4 is 0 Å². The molecule has 168 valence electrons. The summed E-state index contributed by atoms with van der Waals surface area (Å²) in [5.74, 6) is 0.717. The number of methoxy groups -OCH3 is 1. The van der Waals surface area contributed by atoms with Gasteiger partial charge in [0.15, 0.2) is 0 Å². The van der Waals surface area contributed by atoms with Crippen LogP contribution in [0.1, 0.15) is 89.6 Å². The SMILES string of the molecule is CCCCCC(O)c1ccc(C2C(Br)=CCC2CCCc2ccc(C(=O)OC)s2)cc1. The first kappa shape index (κ1) is 24.2. The summed E-state index contributed by atoms with van der Waals surface area (Å²) in [6, 6.07) is 12.5. The number of benzene rings is 1. The molecule has 0 amide bonds. The monoisotopic (exact) mass is 504 g/mol. The number of halogens is 1. The molecular formula is C26H33BrO3S. The standard InChI is InChI=1S/C26H33BrO3S/c1-3-4-5-9-23(28)18-10-12-20(13-11-18)25-19(14-16-22(25)27)7-6-8-21-15-17-24(31-21)26(29)30-2/h10-13,15-17,19,23,25,28H,3-9,14H2,1-2H3. The lowest BCUT2D eigenvalue weighted by molar-refractivity contribution is 0.0606. The molecule has 0 bridgehead atoms. The lowest BCUT2D eigenvalue weighted by Gasteiger charge is -2.22. The molecule has 31 heavy (non-hydrogen) atoms. The first-order chi connectivity index (χ1) is 15.0. The van der Waals surface area contributed by atoms with Crippen molar-refractivity contribution in [3.63, 3.8) is 0 Å². The van der Waals surface area contributed by atoms with Gasteiger partial charge in [-0.25, -0.2) is 4.79 Å². The third kappa shape index (κ3) is 6.53. The van der Waals surface area contributed by atoms with Crippen LogP contribution in [-0.2, 0) is 11.2 Å². The number of thiophene rings is 1. The first-order valence-corrected chi connectivity index (χ1v) is 12.9. The summed E-state index contributed by atoms with van der Waals surface area (Å²) in [7, 11) is 1.42. The summed E-state index contributed by atoms with van der Waals surface area (Å²) < 4.78 is 6.08. The Hall–Kier alpha value is -1.43. The minimum atomic E-state index is -0.361. The number of carbonyl (C=O) groups excluding carboxylic acids is 1. The highest BCUT2D eigenvalue weighted by Crippen LogP contribution is 2.45. The zero-order chi connectivity index (χ0) is 22.2. The molecule has 5 heteroatoms. The van der Waals surface area contributed by atoms with Crippen molar-refractivity contribution in [3.05, 3.63) is 67.8 Å². The number of hydrogen-bond acceptors (Lipinski definition) is 4. The lowest BCUT2D eigenvalue weighted by Crippen LogP contribution is -2.09. The smallest absolute Gasteiger partial charge is 0.348 e. The van der Waals surface area contributed by atoms with Crippen molar-refractivity contribution in [1.82, 2.24) is 0 Å². The quantitative estimate of drug-likeness (QED) is 0.253. The summed E-state index contributed by atoms with van der Waals surface area (Å²) in [6.45, 7) is 2.19. The van der Waals surface area contributed by atoms with Crippen LogP contribution in [0.15, 0.2) is 47.0 Å². The normalized spacial score (nSPS) is 19.3. The second-order valence-electron chi connectivity index (χ2n) is 8.39. The molecule has 3 atom stereocenters. The average Bonchev–Trinajstić information content (AvgIpc) is 3.40. The van der Waals surface area contributed by atoms with E-state index in [1.165, 1.54) is 46.2 Å². The van der Waals surface area contributed by atoms with E-state index in [-0.39, 0.29) is 12.1 Å². The topological polar surface area (TPSA) is 46.5 Å². The molecule has 1 aliphatic rings. The van der Waals surface area contributed by atoms with Crippen LogP contribution in [0.3, 0.4) is 0 Å². The van der Waals surface area contributed by atoms with Crippen LogP contribution in [0.4, 0.5) is 0 Å². The summed E-state index contributed by atoms with van der Waals surface area (Å²) >= 11 is 5.33. The van der Waals surface area contributed by atoms with Crippen molar-refractivity contribution in [1.29, 1.82) is 0 Å². The van der Waals surface area contributed by atoms with Gasteiger partial charge >= 0.3 is 5.97 Å². The second kappa shape index (κ2) is 12.0. The van der Waals surface area contributed by atoms with Crippen LogP contribution in [0.5, 0.6) is 0 Å². The van der Waals surface area contributed by atoms with E-state index in [0.717, 1.165) is 44.1 Å². The van der Waals surface area contributed by atoms with Crippen molar-refractivity contribution in [2.45, 2.75) is 70.3 Å². The molecule has 1 aromatic heterocycles. The molecule has 1 heterocycles. The first-order valence-electron chi connectivity index (χ1n) is 11.3. The fraction of sp³-hybridized carbons (Fsp3) is 0.500. The number of hydrogen-bond donors (Lipinski definition) is 1. The predicted molar refractivity (Wildman–Crippen MR) is 132 cm³/mol. The molecule has 1 N–H and O–H groups in total. The maximum absolute atomic E-state index is 11.6. The molecule has 0 spiro atoms. The summed E-state index contributed by atoms with van der Waals surface area (Å²) in [6.07, 6.45) is 10.5. The molecule has 3 rings (SSSR count). The Morgan fingerprint density at radius 1 is 1.19 bits per heavy atom. The van der Waals surface area contributed by atoms with Gasteiger partial charge in [0.1, 0.15) is 4.88 Å². The van der Waals surface area contributed by atoms with Gasteiger partial charge in [0.25, 0.3) is 0 Å². The van der Waals surface area contributed by atoms with Crippen molar-refractivity contribution in [2.75, 3.05) is 7.11 Å². The summed E-state index contributed by atoms with van der Waals surface area (Å²) in [5, 5.41) is 10.4. The highest BCUT2D eigenvalue weighted by Gasteiger charge is 2.29. The molecule has 0 saturated heterocycles. The number of aliphatic hydroxyl groups excluding tert-OH is 1. The number of rotatable bonds is 11. The van der Waals surface area contributed by atoms with Gasteiger partial charge in [-0.1, -0.05) is 72.5 Å². The van der Waals surface area contributed by atoms with Gasteiger partial charge in [0, 0.05) is 10.8 Å². The zero-order valence-corrected chi connectivity index (χ0v) is 20.9. The Kier molecular flexibility index (Phi) is 9.36. The summed E-state index contributed by atoms with van der Waals surface area (Å²) in [5.41, 5.74) is 2.34. The summed E-state index contributed by atoms with van der Waals surface area (Å²) in [4.78, 5) is 13.6. The van der Waals surface area contributed by atoms with E-state index >= 15 is 0 Å². The van der Waals surface area contributed by atoms with Gasteiger partial charge in [0.05, 0.1) is 13.2 Å². The van der Waals surface area contributed by atoms with E-state index in [1.807, 2.05) is 12.1 Å². The molecule has 1 aromatic carbocycles. The average molecular weight is 506 g/mol. The fourth-order valence-electron chi connectivity index (χ4n) is 4.41. The molecule has 0 aliphatic heterocycles. The molecule has 1 aliphatic carbocycles. The van der Waals surface area contributed by atoms with Gasteiger partial charge in [-0.2, -0.15) is 0 Å². The third-order valence-electron chi connectivity index (χ3n) is 6.19. The predicted octanol–water partition coefficient (Wildman–Crippen LogP) is 7.55. The third-order valence-corrected chi connectivity index (χ3v) is 8.13. The van der Waals surface area contributed by atoms with Crippen LogP contribution in [0.25, 0.3) is 0 Å². The number of ether oxygens (including phenoxy) is 1. The van der Waals surface area contributed by atoms with Crippen molar-refractivity contribution < 1.29 is 14.6 Å². The highest BCUT2D eigenvalue weighted by molar-refractivity contribution is 9.11. The molecule has 2 aromatic rings. The minimum Gasteiger partial charge on any atom is -0.465 e. The van der Waals surface area contributed by atoms with Gasteiger partial charge in [-0.3, -0.25) is 0 Å². The lowest BCUT2D eigenvalue weighted by atomic mass is 9.84. The van der Waals surface area contributed by atoms with Crippen LogP contribution in [0.2, 0.25) is 0 Å². The Balaban J connectivity index is 1.55. The molecule has 0 saturated carbocycles. The second-order valence-corrected chi connectivity index (χ2v) is 10.5. The van der Waals surface area contributed by atoms with E-state index in [2.05, 4.69) is 53.2 Å². The Labute approximate surface area is 198 Å². The van der Waals surface area contributed by atoms with E-state index in [1.54, 1.807) is 0 Å². The number of unbranched alkanes of at least 4 members (excludes halogenated alkanes) is 2. The number of esters is 1. The van der Waals surface area contributed by atoms with Crippen LogP contribution in [0, 0.1) is 5.92 Å². The molecule has 0 radical (unpaired) electrons. The Morgan fingerprint density at radius 3 is 2.68 bits per heavy atom. The maximum Gasteiger partial charge on any atom is 0.348 e. The van der Waals surface area contributed by atoms with Crippen molar-refractivity contribution >= 4 is 33.2 Å². The number of allylic oxidation sites excluding steroid dienone is 2. The van der Waals surface area contributed by atoms with E-state index in [0.29, 0.717) is 16.7 Å². The van der Waals surface area contributed by atoms with E-state index in [4.69, 9.17) is 4.74 Å². The molecule has 0 fully saturated rings. The van der Waals surface area contributed by atoms with Gasteiger partial charge in [-0.15, -0.1) is 11.3 Å². The minimum absolute atomic E-state index is 0.251. The number of aryl methyl sites for hydroxylation is 1. The van der Waals surface area contributed by atoms with E-state index in [9.17, 15) is 9.90 Å². The number of aliphatic hydroxyl groups is 1.